The summed E-state index contributed by atoms with van der Waals surface area (Å²) in [6.45, 7) is 0.601. The zero-order valence-electron chi connectivity index (χ0n) is 13.1. The number of aliphatic hydroxyl groups excluding tert-OH is 1. The van der Waals surface area contributed by atoms with Gasteiger partial charge in [-0.15, -0.1) is 0 Å². The molecular weight excluding hydrogens is 304 g/mol. The van der Waals surface area contributed by atoms with Gasteiger partial charge < -0.3 is 10.4 Å². The van der Waals surface area contributed by atoms with E-state index in [1.165, 1.54) is 6.33 Å². The second-order valence-electron chi connectivity index (χ2n) is 5.37. The predicted molar refractivity (Wildman–Crippen MR) is 89.8 cm³/mol. The number of carbonyl (C=O) groups excluding carboxylic acids is 1. The molecule has 0 aliphatic heterocycles. The van der Waals surface area contributed by atoms with E-state index in [9.17, 15) is 4.79 Å². The van der Waals surface area contributed by atoms with Crippen molar-refractivity contribution in [2.45, 2.75) is 13.0 Å². The molecule has 0 saturated heterocycles. The van der Waals surface area contributed by atoms with E-state index in [-0.39, 0.29) is 12.5 Å². The quantitative estimate of drug-likeness (QED) is 0.724. The Kier molecular flexibility index (Phi) is 4.98. The maximum absolute atomic E-state index is 12.2. The van der Waals surface area contributed by atoms with Crippen LogP contribution >= 0.6 is 0 Å². The molecule has 2 aromatic carbocycles. The molecule has 0 radical (unpaired) electrons. The third-order valence-corrected chi connectivity index (χ3v) is 3.72. The van der Waals surface area contributed by atoms with Crippen molar-refractivity contribution >= 4 is 5.91 Å². The van der Waals surface area contributed by atoms with E-state index in [0.717, 1.165) is 23.2 Å². The molecule has 0 bridgehead atoms. The monoisotopic (exact) mass is 322 g/mol. The Hall–Kier alpha value is -2.99. The van der Waals surface area contributed by atoms with Crippen LogP contribution in [0, 0.1) is 0 Å². The molecule has 0 atom stereocenters. The maximum atomic E-state index is 12.2. The largest absolute Gasteiger partial charge is 0.392 e. The topological polar surface area (TPSA) is 80.0 Å². The highest BCUT2D eigenvalue weighted by Crippen LogP contribution is 2.08. The van der Waals surface area contributed by atoms with Crippen LogP contribution < -0.4 is 5.32 Å². The zero-order valence-corrected chi connectivity index (χ0v) is 13.1. The number of rotatable bonds is 6. The van der Waals surface area contributed by atoms with Crippen molar-refractivity contribution in [3.63, 3.8) is 0 Å². The van der Waals surface area contributed by atoms with E-state index < -0.39 is 0 Å². The predicted octanol–water partition coefficient (Wildman–Crippen LogP) is 1.73. The summed E-state index contributed by atoms with van der Waals surface area (Å²) in [6, 6.07) is 14.9. The molecular formula is C18H18N4O2. The van der Waals surface area contributed by atoms with Gasteiger partial charge in [0.15, 0.2) is 0 Å². The Bertz CT molecular complexity index is 781. The van der Waals surface area contributed by atoms with Crippen molar-refractivity contribution in [2.75, 3.05) is 6.54 Å². The second kappa shape index (κ2) is 7.52. The van der Waals surface area contributed by atoms with E-state index in [1.807, 2.05) is 36.4 Å². The molecule has 1 amide bonds. The smallest absolute Gasteiger partial charge is 0.251 e. The number of carbonyl (C=O) groups is 1. The van der Waals surface area contributed by atoms with Gasteiger partial charge in [-0.1, -0.05) is 24.3 Å². The summed E-state index contributed by atoms with van der Waals surface area (Å²) in [5, 5.41) is 16.0. The van der Waals surface area contributed by atoms with Gasteiger partial charge in [0.25, 0.3) is 5.91 Å². The Morgan fingerprint density at radius 1 is 1.04 bits per heavy atom. The van der Waals surface area contributed by atoms with Gasteiger partial charge in [-0.25, -0.2) is 9.67 Å². The van der Waals surface area contributed by atoms with Gasteiger partial charge in [0.2, 0.25) is 0 Å². The molecule has 3 aromatic rings. The third-order valence-electron chi connectivity index (χ3n) is 3.72. The summed E-state index contributed by atoms with van der Waals surface area (Å²) >= 11 is 0. The van der Waals surface area contributed by atoms with E-state index in [4.69, 9.17) is 5.11 Å². The maximum Gasteiger partial charge on any atom is 0.251 e. The zero-order chi connectivity index (χ0) is 16.8. The summed E-state index contributed by atoms with van der Waals surface area (Å²) in [5.41, 5.74) is 3.46. The van der Waals surface area contributed by atoms with Crippen LogP contribution in [0.1, 0.15) is 21.5 Å². The highest BCUT2D eigenvalue weighted by atomic mass is 16.3. The van der Waals surface area contributed by atoms with Crippen LogP contribution in [0.3, 0.4) is 0 Å². The van der Waals surface area contributed by atoms with Crippen molar-refractivity contribution in [1.82, 2.24) is 20.1 Å². The summed E-state index contributed by atoms with van der Waals surface area (Å²) in [5.74, 6) is -0.105. The number of amides is 1. The number of hydrogen-bond donors (Lipinski definition) is 2. The lowest BCUT2D eigenvalue weighted by molar-refractivity contribution is 0.0954. The van der Waals surface area contributed by atoms with E-state index in [1.54, 1.807) is 23.1 Å². The van der Waals surface area contributed by atoms with E-state index in [0.29, 0.717) is 12.1 Å². The molecule has 1 heterocycles. The van der Waals surface area contributed by atoms with Gasteiger partial charge >= 0.3 is 0 Å². The lowest BCUT2D eigenvalue weighted by Gasteiger charge is -2.07. The fourth-order valence-electron chi connectivity index (χ4n) is 2.34. The van der Waals surface area contributed by atoms with Crippen LogP contribution in [0.2, 0.25) is 0 Å². The molecule has 6 heteroatoms. The normalized spacial score (nSPS) is 10.5. The number of aliphatic hydroxyl groups is 1. The van der Waals surface area contributed by atoms with Crippen molar-refractivity contribution in [3.05, 3.63) is 77.9 Å². The van der Waals surface area contributed by atoms with Crippen LogP contribution in [-0.4, -0.2) is 32.3 Å². The average molecular weight is 322 g/mol. The summed E-state index contributed by atoms with van der Waals surface area (Å²) < 4.78 is 1.64. The van der Waals surface area contributed by atoms with Gasteiger partial charge in [0.05, 0.1) is 12.3 Å². The number of nitrogens with one attached hydrogen (secondary N) is 1. The molecule has 2 N–H and O–H groups in total. The fourth-order valence-corrected chi connectivity index (χ4v) is 2.34. The highest BCUT2D eigenvalue weighted by molar-refractivity contribution is 5.94. The first-order valence-corrected chi connectivity index (χ1v) is 7.68. The molecule has 122 valence electrons. The Labute approximate surface area is 139 Å². The molecule has 24 heavy (non-hydrogen) atoms. The van der Waals surface area contributed by atoms with Crippen LogP contribution in [0.25, 0.3) is 5.69 Å². The molecule has 0 spiro atoms. The van der Waals surface area contributed by atoms with Crippen LogP contribution in [0.4, 0.5) is 0 Å². The van der Waals surface area contributed by atoms with Crippen LogP contribution in [0.5, 0.6) is 0 Å². The van der Waals surface area contributed by atoms with Gasteiger partial charge in [0, 0.05) is 12.1 Å². The molecule has 0 aliphatic carbocycles. The summed E-state index contributed by atoms with van der Waals surface area (Å²) in [6.07, 6.45) is 3.82. The molecule has 0 fully saturated rings. The average Bonchev–Trinajstić information content (AvgIpc) is 3.17. The Morgan fingerprint density at radius 3 is 2.38 bits per heavy atom. The van der Waals surface area contributed by atoms with Gasteiger partial charge in [-0.05, 0) is 41.8 Å². The third kappa shape index (κ3) is 3.85. The highest BCUT2D eigenvalue weighted by Gasteiger charge is 2.05. The minimum atomic E-state index is -0.105. The number of hydrogen-bond acceptors (Lipinski definition) is 4. The van der Waals surface area contributed by atoms with Crippen molar-refractivity contribution in [3.8, 4) is 5.69 Å². The molecule has 3 rings (SSSR count). The van der Waals surface area contributed by atoms with Crippen molar-refractivity contribution < 1.29 is 9.90 Å². The fraction of sp³-hybridized carbons (Fsp3) is 0.167. The number of nitrogens with zero attached hydrogens (tertiary/aromatic N) is 3. The van der Waals surface area contributed by atoms with Crippen molar-refractivity contribution in [1.29, 1.82) is 0 Å². The number of aromatic nitrogens is 3. The lowest BCUT2D eigenvalue weighted by atomic mass is 10.1. The molecule has 0 aliphatic rings. The first-order valence-electron chi connectivity index (χ1n) is 7.68. The van der Waals surface area contributed by atoms with Crippen LogP contribution in [0.15, 0.2) is 61.2 Å². The second-order valence-corrected chi connectivity index (χ2v) is 5.37. The molecule has 0 saturated carbocycles. The SMILES string of the molecule is O=C(NCCc1ccc(CO)cc1)c1ccc(-n2cncn2)cc1. The molecule has 0 unspecified atom stereocenters. The van der Waals surface area contributed by atoms with Crippen LogP contribution in [-0.2, 0) is 13.0 Å². The van der Waals surface area contributed by atoms with Gasteiger partial charge in [-0.3, -0.25) is 4.79 Å². The Morgan fingerprint density at radius 2 is 1.75 bits per heavy atom. The Balaban J connectivity index is 1.53. The first-order chi connectivity index (χ1) is 11.8. The van der Waals surface area contributed by atoms with Gasteiger partial charge in [0.1, 0.15) is 12.7 Å². The minimum absolute atomic E-state index is 0.0433. The lowest BCUT2D eigenvalue weighted by Crippen LogP contribution is -2.25. The summed E-state index contributed by atoms with van der Waals surface area (Å²) in [7, 11) is 0. The molecule has 1 aromatic heterocycles. The summed E-state index contributed by atoms with van der Waals surface area (Å²) in [4.78, 5) is 16.0. The van der Waals surface area contributed by atoms with E-state index >= 15 is 0 Å². The first kappa shape index (κ1) is 15.9. The van der Waals surface area contributed by atoms with Gasteiger partial charge in [-0.2, -0.15) is 5.10 Å². The number of benzene rings is 2. The standard InChI is InChI=1S/C18H18N4O2/c23-11-15-3-1-14(2-4-15)9-10-20-18(24)16-5-7-17(8-6-16)22-13-19-12-21-22/h1-8,12-13,23H,9-11H2,(H,20,24). The van der Waals surface area contributed by atoms with E-state index in [2.05, 4.69) is 15.4 Å². The molecule has 6 nitrogen and oxygen atoms in total. The minimum Gasteiger partial charge on any atom is -0.392 e. The van der Waals surface area contributed by atoms with Crippen molar-refractivity contribution in [2.24, 2.45) is 0 Å².